The van der Waals surface area contributed by atoms with Crippen molar-refractivity contribution in [2.75, 3.05) is 5.32 Å². The molecule has 180 valence electrons. The molecule has 3 atom stereocenters. The number of aliphatic carboxylic acids is 1. The summed E-state index contributed by atoms with van der Waals surface area (Å²) in [5.74, 6) is -5.76. The predicted molar refractivity (Wildman–Crippen MR) is 124 cm³/mol. The van der Waals surface area contributed by atoms with E-state index in [2.05, 4.69) is 5.32 Å². The molecule has 2 aromatic rings. The third kappa shape index (κ3) is 6.87. The summed E-state index contributed by atoms with van der Waals surface area (Å²) in [4.78, 5) is 24.4. The summed E-state index contributed by atoms with van der Waals surface area (Å²) < 4.78 is 40.9. The number of halogens is 5. The standard InChI is InChI=1S/C24H26Cl2F3NO3/c1-12(2)17(11-21(31)32)15-5-8-19(26)20(10-15)30-23(33)22(14(4)24(27,28)29)16-6-7-18(25)13(3)9-16/h5-10,12,14,17,22H,11H2,1-4H3,(H,30,33)(H,31,32)/t14-,17?,22+/m1/s1. The third-order valence-corrected chi connectivity index (χ3v) is 6.47. The second-order valence-corrected chi connectivity index (χ2v) is 9.31. The van der Waals surface area contributed by atoms with Crippen molar-refractivity contribution in [2.24, 2.45) is 11.8 Å². The van der Waals surface area contributed by atoms with Gasteiger partial charge in [0.2, 0.25) is 5.91 Å². The van der Waals surface area contributed by atoms with Crippen molar-refractivity contribution < 1.29 is 27.9 Å². The summed E-state index contributed by atoms with van der Waals surface area (Å²) in [6.45, 7) is 6.33. The molecule has 0 fully saturated rings. The van der Waals surface area contributed by atoms with Gasteiger partial charge >= 0.3 is 12.1 Å². The molecule has 2 N–H and O–H groups in total. The molecule has 9 heteroatoms. The minimum Gasteiger partial charge on any atom is -0.481 e. The highest BCUT2D eigenvalue weighted by atomic mass is 35.5. The highest BCUT2D eigenvalue weighted by molar-refractivity contribution is 6.33. The van der Waals surface area contributed by atoms with Crippen LogP contribution in [0.15, 0.2) is 36.4 Å². The molecule has 0 heterocycles. The van der Waals surface area contributed by atoms with E-state index in [0.717, 1.165) is 6.92 Å². The van der Waals surface area contributed by atoms with Crippen LogP contribution in [0.3, 0.4) is 0 Å². The molecule has 0 saturated carbocycles. The van der Waals surface area contributed by atoms with Crippen LogP contribution < -0.4 is 5.32 Å². The zero-order valence-electron chi connectivity index (χ0n) is 18.6. The van der Waals surface area contributed by atoms with Gasteiger partial charge in [-0.3, -0.25) is 9.59 Å². The van der Waals surface area contributed by atoms with Gasteiger partial charge in [-0.25, -0.2) is 0 Å². The smallest absolute Gasteiger partial charge is 0.392 e. The van der Waals surface area contributed by atoms with E-state index >= 15 is 0 Å². The summed E-state index contributed by atoms with van der Waals surface area (Å²) in [6, 6.07) is 9.01. The van der Waals surface area contributed by atoms with Gasteiger partial charge < -0.3 is 10.4 Å². The first-order valence-electron chi connectivity index (χ1n) is 10.4. The molecule has 4 nitrogen and oxygen atoms in total. The highest BCUT2D eigenvalue weighted by Gasteiger charge is 2.45. The Bertz CT molecular complexity index is 1020. The molecular weight excluding hydrogens is 478 g/mol. The minimum atomic E-state index is -4.62. The minimum absolute atomic E-state index is 0.0270. The molecular formula is C24H26Cl2F3NO3. The molecule has 1 amide bonds. The van der Waals surface area contributed by atoms with Crippen LogP contribution in [0.2, 0.25) is 10.0 Å². The first-order valence-corrected chi connectivity index (χ1v) is 11.1. The fourth-order valence-electron chi connectivity index (χ4n) is 3.72. The average Bonchev–Trinajstić information content (AvgIpc) is 2.69. The summed E-state index contributed by atoms with van der Waals surface area (Å²) >= 11 is 12.2. The quantitative estimate of drug-likeness (QED) is 0.393. The molecule has 0 aromatic heterocycles. The predicted octanol–water partition coefficient (Wildman–Crippen LogP) is 7.44. The SMILES string of the molecule is Cc1cc([C@@H](C(=O)Nc2cc(C(CC(=O)O)C(C)C)ccc2Cl)[C@@H](C)C(F)(F)F)ccc1Cl. The Morgan fingerprint density at radius 3 is 2.09 bits per heavy atom. The molecule has 0 radical (unpaired) electrons. The summed E-state index contributed by atoms with van der Waals surface area (Å²) in [7, 11) is 0. The number of benzene rings is 2. The Morgan fingerprint density at radius 1 is 1.00 bits per heavy atom. The van der Waals surface area contributed by atoms with Crippen molar-refractivity contribution in [2.45, 2.75) is 52.1 Å². The number of carbonyl (C=O) groups excluding carboxylic acids is 1. The van der Waals surface area contributed by atoms with Crippen LogP contribution in [-0.4, -0.2) is 23.2 Å². The number of carboxylic acids is 1. The van der Waals surface area contributed by atoms with E-state index in [1.807, 2.05) is 13.8 Å². The number of hydrogen-bond donors (Lipinski definition) is 2. The van der Waals surface area contributed by atoms with Crippen LogP contribution in [0, 0.1) is 18.8 Å². The van der Waals surface area contributed by atoms with Gasteiger partial charge in [-0.1, -0.05) is 62.2 Å². The van der Waals surface area contributed by atoms with Gasteiger partial charge in [0.15, 0.2) is 0 Å². The first-order chi connectivity index (χ1) is 15.2. The van der Waals surface area contributed by atoms with Crippen LogP contribution in [-0.2, 0) is 9.59 Å². The topological polar surface area (TPSA) is 66.4 Å². The number of carboxylic acid groups (broad SMARTS) is 1. The van der Waals surface area contributed by atoms with Crippen LogP contribution in [0.25, 0.3) is 0 Å². The number of carbonyl (C=O) groups is 2. The van der Waals surface area contributed by atoms with Gasteiger partial charge in [-0.05, 0) is 53.6 Å². The first kappa shape index (κ1) is 27.0. The van der Waals surface area contributed by atoms with Crippen molar-refractivity contribution >= 4 is 40.8 Å². The molecule has 33 heavy (non-hydrogen) atoms. The van der Waals surface area contributed by atoms with Crippen LogP contribution in [0.1, 0.15) is 55.7 Å². The summed E-state index contributed by atoms with van der Waals surface area (Å²) in [6.07, 6.45) is -4.75. The van der Waals surface area contributed by atoms with Gasteiger partial charge in [-0.2, -0.15) is 13.2 Å². The number of anilines is 1. The fraction of sp³-hybridized carbons (Fsp3) is 0.417. The van der Waals surface area contributed by atoms with E-state index < -0.39 is 29.9 Å². The molecule has 0 aliphatic carbocycles. The molecule has 2 aromatic carbocycles. The lowest BCUT2D eigenvalue weighted by Gasteiger charge is -2.27. The second kappa shape index (κ2) is 10.8. The molecule has 0 spiro atoms. The maximum absolute atomic E-state index is 13.6. The second-order valence-electron chi connectivity index (χ2n) is 8.49. The van der Waals surface area contributed by atoms with Gasteiger partial charge in [0.05, 0.1) is 29.0 Å². The Kier molecular flexibility index (Phi) is 8.82. The number of aryl methyl sites for hydroxylation is 1. The lowest BCUT2D eigenvalue weighted by Crippen LogP contribution is -2.34. The number of hydrogen-bond acceptors (Lipinski definition) is 2. The van der Waals surface area contributed by atoms with Gasteiger partial charge in [-0.15, -0.1) is 0 Å². The molecule has 2 rings (SSSR count). The third-order valence-electron chi connectivity index (χ3n) is 5.72. The summed E-state index contributed by atoms with van der Waals surface area (Å²) in [5.41, 5.74) is 1.47. The van der Waals surface area contributed by atoms with E-state index in [0.29, 0.717) is 16.1 Å². The van der Waals surface area contributed by atoms with Crippen LogP contribution in [0.5, 0.6) is 0 Å². The molecule has 0 saturated heterocycles. The normalized spacial score (nSPS) is 14.6. The van der Waals surface area contributed by atoms with Crippen molar-refractivity contribution in [3.63, 3.8) is 0 Å². The largest absolute Gasteiger partial charge is 0.481 e. The zero-order chi connectivity index (χ0) is 25.1. The van der Waals surface area contributed by atoms with Crippen molar-refractivity contribution in [1.29, 1.82) is 0 Å². The van der Waals surface area contributed by atoms with Gasteiger partial charge in [0.25, 0.3) is 0 Å². The van der Waals surface area contributed by atoms with Crippen LogP contribution in [0.4, 0.5) is 18.9 Å². The molecule has 0 aliphatic heterocycles. The van der Waals surface area contributed by atoms with E-state index in [-0.39, 0.29) is 34.5 Å². The fourth-order valence-corrected chi connectivity index (χ4v) is 4.01. The highest BCUT2D eigenvalue weighted by Crippen LogP contribution is 2.40. The van der Waals surface area contributed by atoms with Crippen molar-refractivity contribution in [3.8, 4) is 0 Å². The van der Waals surface area contributed by atoms with E-state index in [1.54, 1.807) is 13.0 Å². The van der Waals surface area contributed by atoms with Crippen molar-refractivity contribution in [1.82, 2.24) is 0 Å². The van der Waals surface area contributed by atoms with E-state index in [1.165, 1.54) is 30.3 Å². The average molecular weight is 504 g/mol. The van der Waals surface area contributed by atoms with Gasteiger partial charge in [0, 0.05) is 5.02 Å². The number of rotatable bonds is 8. The molecule has 0 aliphatic rings. The number of alkyl halides is 3. The Morgan fingerprint density at radius 2 is 1.58 bits per heavy atom. The number of amides is 1. The Labute approximate surface area is 201 Å². The monoisotopic (exact) mass is 503 g/mol. The Balaban J connectivity index is 2.46. The zero-order valence-corrected chi connectivity index (χ0v) is 20.1. The maximum atomic E-state index is 13.6. The molecule has 0 bridgehead atoms. The summed E-state index contributed by atoms with van der Waals surface area (Å²) in [5, 5.41) is 12.3. The van der Waals surface area contributed by atoms with E-state index in [4.69, 9.17) is 23.2 Å². The van der Waals surface area contributed by atoms with E-state index in [9.17, 15) is 27.9 Å². The lowest BCUT2D eigenvalue weighted by molar-refractivity contribution is -0.178. The van der Waals surface area contributed by atoms with Gasteiger partial charge in [0.1, 0.15) is 0 Å². The number of nitrogens with one attached hydrogen (secondary N) is 1. The van der Waals surface area contributed by atoms with Crippen molar-refractivity contribution in [3.05, 3.63) is 63.1 Å². The molecule has 1 unspecified atom stereocenters. The lowest BCUT2D eigenvalue weighted by atomic mass is 9.84. The maximum Gasteiger partial charge on any atom is 0.392 e. The Hall–Kier alpha value is -2.25. The van der Waals surface area contributed by atoms with Crippen LogP contribution >= 0.6 is 23.2 Å².